The van der Waals surface area contributed by atoms with Gasteiger partial charge in [0.2, 0.25) is 0 Å². The molecule has 0 bridgehead atoms. The van der Waals surface area contributed by atoms with E-state index in [9.17, 15) is 9.59 Å². The van der Waals surface area contributed by atoms with E-state index in [4.69, 9.17) is 4.74 Å². The maximum atomic E-state index is 12.5. The Morgan fingerprint density at radius 1 is 1.20 bits per heavy atom. The van der Waals surface area contributed by atoms with Crippen molar-refractivity contribution in [3.05, 3.63) is 64.4 Å². The minimum absolute atomic E-state index is 0.0462. The van der Waals surface area contributed by atoms with Crippen molar-refractivity contribution in [1.82, 2.24) is 9.97 Å². The average Bonchev–Trinajstić information content (AvgIpc) is 3.03. The first-order chi connectivity index (χ1) is 12.2. The number of thiazole rings is 1. The van der Waals surface area contributed by atoms with Gasteiger partial charge >= 0.3 is 0 Å². The molecule has 0 aliphatic carbocycles. The van der Waals surface area contributed by atoms with Crippen molar-refractivity contribution in [2.45, 2.75) is 0 Å². The molecule has 0 spiro atoms. The number of carbonyl (C=O) groups excluding carboxylic acids is 1. The summed E-state index contributed by atoms with van der Waals surface area (Å²) in [7, 11) is 1.57. The highest BCUT2D eigenvalue weighted by molar-refractivity contribution is 7.22. The lowest BCUT2D eigenvalue weighted by atomic mass is 10.1. The second-order valence-electron chi connectivity index (χ2n) is 5.38. The van der Waals surface area contributed by atoms with Gasteiger partial charge in [-0.2, -0.15) is 0 Å². The topological polar surface area (TPSA) is 84.1 Å². The molecule has 2 aromatic heterocycles. The molecule has 0 fully saturated rings. The van der Waals surface area contributed by atoms with Crippen molar-refractivity contribution < 1.29 is 9.53 Å². The maximum Gasteiger partial charge on any atom is 0.263 e. The number of anilines is 1. The van der Waals surface area contributed by atoms with Crippen LogP contribution in [0.4, 0.5) is 5.13 Å². The highest BCUT2D eigenvalue weighted by Gasteiger charge is 2.15. The fourth-order valence-electron chi connectivity index (χ4n) is 2.62. The van der Waals surface area contributed by atoms with E-state index in [2.05, 4.69) is 15.3 Å². The van der Waals surface area contributed by atoms with Crippen LogP contribution in [0.2, 0.25) is 0 Å². The number of benzene rings is 2. The molecule has 0 aliphatic heterocycles. The van der Waals surface area contributed by atoms with Crippen LogP contribution in [0, 0.1) is 0 Å². The number of rotatable bonds is 3. The van der Waals surface area contributed by atoms with E-state index in [1.165, 1.54) is 11.3 Å². The molecule has 0 saturated heterocycles. The van der Waals surface area contributed by atoms with Gasteiger partial charge in [0.15, 0.2) is 5.13 Å². The predicted molar refractivity (Wildman–Crippen MR) is 98.7 cm³/mol. The molecule has 7 heteroatoms. The van der Waals surface area contributed by atoms with Crippen LogP contribution in [0.3, 0.4) is 0 Å². The number of hydrogen-bond acceptors (Lipinski definition) is 5. The Morgan fingerprint density at radius 3 is 2.88 bits per heavy atom. The third-order valence-electron chi connectivity index (χ3n) is 3.82. The van der Waals surface area contributed by atoms with E-state index in [-0.39, 0.29) is 5.56 Å². The monoisotopic (exact) mass is 351 g/mol. The second kappa shape index (κ2) is 6.03. The Labute approximate surface area is 146 Å². The number of nitrogens with zero attached hydrogens (tertiary/aromatic N) is 1. The van der Waals surface area contributed by atoms with Crippen LogP contribution in [0.15, 0.2) is 53.3 Å². The average molecular weight is 351 g/mol. The molecule has 0 unspecified atom stereocenters. The van der Waals surface area contributed by atoms with Gasteiger partial charge in [-0.3, -0.25) is 14.9 Å². The molecule has 25 heavy (non-hydrogen) atoms. The first kappa shape index (κ1) is 15.3. The largest absolute Gasteiger partial charge is 0.494 e. The van der Waals surface area contributed by atoms with Crippen molar-refractivity contribution in [2.75, 3.05) is 12.4 Å². The highest BCUT2D eigenvalue weighted by atomic mass is 32.1. The number of nitrogens with one attached hydrogen (secondary N) is 2. The van der Waals surface area contributed by atoms with Gasteiger partial charge in [-0.25, -0.2) is 4.98 Å². The van der Waals surface area contributed by atoms with Crippen molar-refractivity contribution in [3.8, 4) is 5.75 Å². The molecular formula is C18H13N3O3S. The van der Waals surface area contributed by atoms with Crippen LogP contribution >= 0.6 is 11.3 Å². The summed E-state index contributed by atoms with van der Waals surface area (Å²) in [6.07, 6.45) is 0. The Kier molecular flexibility index (Phi) is 3.70. The zero-order valence-corrected chi connectivity index (χ0v) is 14.0. The molecule has 1 amide bonds. The number of amides is 1. The van der Waals surface area contributed by atoms with Crippen molar-refractivity contribution in [3.63, 3.8) is 0 Å². The molecule has 2 N–H and O–H groups in total. The summed E-state index contributed by atoms with van der Waals surface area (Å²) in [5.74, 6) is 0.142. The van der Waals surface area contributed by atoms with Crippen LogP contribution in [-0.2, 0) is 0 Å². The fourth-order valence-corrected chi connectivity index (χ4v) is 3.50. The van der Waals surface area contributed by atoms with Gasteiger partial charge in [-0.15, -0.1) is 0 Å². The maximum absolute atomic E-state index is 12.5. The van der Waals surface area contributed by atoms with E-state index in [1.54, 1.807) is 19.2 Å². The summed E-state index contributed by atoms with van der Waals surface area (Å²) in [4.78, 5) is 31.8. The summed E-state index contributed by atoms with van der Waals surface area (Å²) < 4.78 is 6.16. The molecule has 0 atom stereocenters. The number of H-pyrrole nitrogens is 1. The van der Waals surface area contributed by atoms with Crippen LogP contribution in [0.1, 0.15) is 10.4 Å². The van der Waals surface area contributed by atoms with Crippen LogP contribution in [-0.4, -0.2) is 23.0 Å². The van der Waals surface area contributed by atoms with Gasteiger partial charge < -0.3 is 9.72 Å². The molecule has 0 aliphatic rings. The molecule has 2 aromatic carbocycles. The molecule has 4 aromatic rings. The van der Waals surface area contributed by atoms with Crippen LogP contribution < -0.4 is 15.6 Å². The standard InChI is InChI=1S/C18H13N3O3S/c1-24-13-7-4-8-14-15(13)20-18(25-14)21-17(23)11-9-10-5-2-3-6-12(10)19-16(11)22/h2-9H,1H3,(H,19,22)(H,20,21,23). The van der Waals surface area contributed by atoms with Gasteiger partial charge in [0.05, 0.1) is 11.8 Å². The summed E-state index contributed by atoms with van der Waals surface area (Å²) in [5, 5.41) is 3.90. The summed E-state index contributed by atoms with van der Waals surface area (Å²) in [6, 6.07) is 14.4. The van der Waals surface area contributed by atoms with Gasteiger partial charge in [-0.1, -0.05) is 35.6 Å². The molecule has 0 saturated carbocycles. The minimum atomic E-state index is -0.495. The lowest BCUT2D eigenvalue weighted by Gasteiger charge is -2.03. The van der Waals surface area contributed by atoms with Gasteiger partial charge in [-0.05, 0) is 29.7 Å². The summed E-state index contributed by atoms with van der Waals surface area (Å²) >= 11 is 1.32. The number of aromatic amines is 1. The van der Waals surface area contributed by atoms with Crippen LogP contribution in [0.25, 0.3) is 21.1 Å². The van der Waals surface area contributed by atoms with Gasteiger partial charge in [0, 0.05) is 5.52 Å². The smallest absolute Gasteiger partial charge is 0.263 e. The normalized spacial score (nSPS) is 10.9. The molecular weight excluding hydrogens is 338 g/mol. The molecule has 124 valence electrons. The van der Waals surface area contributed by atoms with E-state index < -0.39 is 11.5 Å². The number of fused-ring (bicyclic) bond motifs is 2. The quantitative estimate of drug-likeness (QED) is 0.592. The molecule has 6 nitrogen and oxygen atoms in total. The van der Waals surface area contributed by atoms with Gasteiger partial charge in [0.1, 0.15) is 16.8 Å². The first-order valence-electron chi connectivity index (χ1n) is 7.52. The third kappa shape index (κ3) is 2.74. The lowest BCUT2D eigenvalue weighted by Crippen LogP contribution is -2.22. The fraction of sp³-hybridized carbons (Fsp3) is 0.0556. The van der Waals surface area contributed by atoms with Crippen LogP contribution in [0.5, 0.6) is 5.75 Å². The summed E-state index contributed by atoms with van der Waals surface area (Å²) in [5.41, 5.74) is 0.978. The Balaban J connectivity index is 1.70. The number of pyridine rings is 1. The number of ether oxygens (including phenoxy) is 1. The molecule has 4 rings (SSSR count). The van der Waals surface area contributed by atoms with E-state index in [0.29, 0.717) is 21.9 Å². The Hall–Kier alpha value is -3.19. The number of para-hydroxylation sites is 2. The SMILES string of the molecule is COc1cccc2sc(NC(=O)c3cc4ccccc4[nH]c3=O)nc12. The zero-order valence-electron chi connectivity index (χ0n) is 13.2. The van der Waals surface area contributed by atoms with E-state index in [1.807, 2.05) is 36.4 Å². The second-order valence-corrected chi connectivity index (χ2v) is 6.41. The highest BCUT2D eigenvalue weighted by Crippen LogP contribution is 2.32. The van der Waals surface area contributed by atoms with Crippen molar-refractivity contribution in [1.29, 1.82) is 0 Å². The third-order valence-corrected chi connectivity index (χ3v) is 4.76. The number of aromatic nitrogens is 2. The molecule has 2 heterocycles. The van der Waals surface area contributed by atoms with E-state index >= 15 is 0 Å². The summed E-state index contributed by atoms with van der Waals surface area (Å²) in [6.45, 7) is 0. The number of carbonyl (C=O) groups is 1. The van der Waals surface area contributed by atoms with E-state index in [0.717, 1.165) is 10.1 Å². The lowest BCUT2D eigenvalue weighted by molar-refractivity contribution is 0.102. The molecule has 0 radical (unpaired) electrons. The number of hydrogen-bond donors (Lipinski definition) is 2. The zero-order chi connectivity index (χ0) is 17.4. The van der Waals surface area contributed by atoms with Crippen molar-refractivity contribution in [2.24, 2.45) is 0 Å². The predicted octanol–water partition coefficient (Wildman–Crippen LogP) is 3.40. The minimum Gasteiger partial charge on any atom is -0.494 e. The Morgan fingerprint density at radius 2 is 2.04 bits per heavy atom. The van der Waals surface area contributed by atoms with Gasteiger partial charge in [0.25, 0.3) is 11.5 Å². The first-order valence-corrected chi connectivity index (χ1v) is 8.34. The Bertz CT molecular complexity index is 1160. The number of methoxy groups -OCH3 is 1. The van der Waals surface area contributed by atoms with Crippen molar-refractivity contribution >= 4 is 43.5 Å².